The quantitative estimate of drug-likeness (QED) is 0.357. The molecule has 0 spiro atoms. The largest absolute Gasteiger partial charge is 0.423 e. The highest BCUT2D eigenvalue weighted by atomic mass is 16.5. The van der Waals surface area contributed by atoms with Gasteiger partial charge in [-0.25, -0.2) is 9.69 Å². The van der Waals surface area contributed by atoms with Gasteiger partial charge in [-0.3, -0.25) is 9.59 Å². The number of carbonyl (C=O) groups is 3. The number of imide groups is 1. The molecule has 0 N–H and O–H groups in total. The van der Waals surface area contributed by atoms with Crippen molar-refractivity contribution in [2.75, 3.05) is 4.90 Å². The van der Waals surface area contributed by atoms with Crippen LogP contribution >= 0.6 is 0 Å². The first kappa shape index (κ1) is 16.9. The number of ether oxygens (including phenoxy) is 1. The van der Waals surface area contributed by atoms with Crippen molar-refractivity contribution < 1.29 is 19.1 Å². The number of allylic oxidation sites excluding steroid dienone is 2. The van der Waals surface area contributed by atoms with Crippen LogP contribution in [0.5, 0.6) is 5.75 Å². The Hall–Kier alpha value is -3.21. The molecule has 1 heterocycles. The number of aryl methyl sites for hydroxylation is 1. The van der Waals surface area contributed by atoms with Crippen LogP contribution in [-0.2, 0) is 9.59 Å². The molecule has 1 saturated heterocycles. The Bertz CT molecular complexity index is 1010. The van der Waals surface area contributed by atoms with E-state index in [0.29, 0.717) is 17.0 Å². The molecule has 2 fully saturated rings. The maximum absolute atomic E-state index is 13.0. The number of anilines is 1. The fourth-order valence-electron chi connectivity index (χ4n) is 4.77. The summed E-state index contributed by atoms with van der Waals surface area (Å²) in [7, 11) is 0. The van der Waals surface area contributed by atoms with Gasteiger partial charge in [-0.15, -0.1) is 0 Å². The molecule has 28 heavy (non-hydrogen) atoms. The molecule has 3 aliphatic rings. The van der Waals surface area contributed by atoms with Gasteiger partial charge in [-0.1, -0.05) is 30.4 Å². The fourth-order valence-corrected chi connectivity index (χ4v) is 4.77. The number of hydrogen-bond donors (Lipinski definition) is 0. The standard InChI is InChI=1S/C23H19NO4/c1-13-4-2-7-18(10-13)28-23(27)16-5-3-6-17(12-16)24-21(25)19-14-8-9-15(11-14)20(19)22(24)26/h2-10,12,14-15,19-20H,11H2,1H3/t14-,15+,19-,20+. The minimum atomic E-state index is -0.520. The summed E-state index contributed by atoms with van der Waals surface area (Å²) in [5, 5.41) is 0. The maximum atomic E-state index is 13.0. The first-order valence-corrected chi connectivity index (χ1v) is 9.48. The zero-order valence-electron chi connectivity index (χ0n) is 15.4. The van der Waals surface area contributed by atoms with Crippen molar-refractivity contribution >= 4 is 23.5 Å². The van der Waals surface area contributed by atoms with E-state index < -0.39 is 5.97 Å². The number of nitrogens with zero attached hydrogens (tertiary/aromatic N) is 1. The lowest BCUT2D eigenvalue weighted by atomic mass is 9.85. The number of rotatable bonds is 3. The van der Waals surface area contributed by atoms with Crippen molar-refractivity contribution in [2.45, 2.75) is 13.3 Å². The van der Waals surface area contributed by atoms with E-state index in [0.717, 1.165) is 12.0 Å². The Morgan fingerprint density at radius 3 is 2.32 bits per heavy atom. The molecule has 2 amide bonds. The molecule has 4 atom stereocenters. The molecular formula is C23H19NO4. The van der Waals surface area contributed by atoms with Crippen LogP contribution in [0.4, 0.5) is 5.69 Å². The monoisotopic (exact) mass is 373 g/mol. The summed E-state index contributed by atoms with van der Waals surface area (Å²) >= 11 is 0. The van der Waals surface area contributed by atoms with Crippen LogP contribution in [-0.4, -0.2) is 17.8 Å². The summed E-state index contributed by atoms with van der Waals surface area (Å²) in [6.45, 7) is 1.92. The highest BCUT2D eigenvalue weighted by molar-refractivity contribution is 6.23. The van der Waals surface area contributed by atoms with Crippen molar-refractivity contribution in [1.82, 2.24) is 0 Å². The first-order valence-electron chi connectivity index (χ1n) is 9.48. The summed E-state index contributed by atoms with van der Waals surface area (Å²) in [5.74, 6) is -0.575. The minimum Gasteiger partial charge on any atom is -0.423 e. The smallest absolute Gasteiger partial charge is 0.343 e. The first-order chi connectivity index (χ1) is 13.5. The van der Waals surface area contributed by atoms with Crippen molar-refractivity contribution in [3.8, 4) is 5.75 Å². The van der Waals surface area contributed by atoms with Gasteiger partial charge in [0.05, 0.1) is 23.1 Å². The molecule has 2 bridgehead atoms. The second-order valence-corrected chi connectivity index (χ2v) is 7.77. The Morgan fingerprint density at radius 2 is 1.64 bits per heavy atom. The van der Waals surface area contributed by atoms with Crippen molar-refractivity contribution in [3.05, 3.63) is 71.8 Å². The average molecular weight is 373 g/mol. The molecule has 2 aliphatic carbocycles. The number of carbonyl (C=O) groups excluding carboxylic acids is 3. The predicted molar refractivity (Wildman–Crippen MR) is 103 cm³/mol. The maximum Gasteiger partial charge on any atom is 0.343 e. The van der Waals surface area contributed by atoms with Crippen LogP contribution in [0, 0.1) is 30.6 Å². The Morgan fingerprint density at radius 1 is 0.964 bits per heavy atom. The molecular weight excluding hydrogens is 354 g/mol. The van der Waals surface area contributed by atoms with Gasteiger partial charge in [0.2, 0.25) is 11.8 Å². The molecule has 0 unspecified atom stereocenters. The third kappa shape index (κ3) is 2.50. The van der Waals surface area contributed by atoms with E-state index in [1.54, 1.807) is 36.4 Å². The highest BCUT2D eigenvalue weighted by Crippen LogP contribution is 2.53. The van der Waals surface area contributed by atoms with Crippen LogP contribution in [0.15, 0.2) is 60.7 Å². The topological polar surface area (TPSA) is 63.7 Å². The van der Waals surface area contributed by atoms with Crippen LogP contribution < -0.4 is 9.64 Å². The zero-order valence-corrected chi connectivity index (χ0v) is 15.4. The summed E-state index contributed by atoms with van der Waals surface area (Å²) in [4.78, 5) is 39.7. The molecule has 2 aromatic rings. The SMILES string of the molecule is Cc1cccc(OC(=O)c2cccc(N3C(=O)[C@@H]4[C@H](C3=O)[C@@H]3C=C[C@H]4C3)c2)c1. The highest BCUT2D eigenvalue weighted by Gasteiger charge is 2.59. The zero-order chi connectivity index (χ0) is 19.4. The van der Waals surface area contributed by atoms with Gasteiger partial charge in [-0.05, 0) is 61.1 Å². The molecule has 2 aromatic carbocycles. The molecule has 5 nitrogen and oxygen atoms in total. The lowest BCUT2D eigenvalue weighted by Gasteiger charge is -2.18. The van der Waals surface area contributed by atoms with Crippen molar-refractivity contribution in [2.24, 2.45) is 23.7 Å². The molecule has 140 valence electrons. The average Bonchev–Trinajstić information content (AvgIpc) is 3.36. The Labute approximate surface area is 162 Å². The predicted octanol–water partition coefficient (Wildman–Crippen LogP) is 3.53. The molecule has 1 aliphatic heterocycles. The van der Waals surface area contributed by atoms with E-state index >= 15 is 0 Å². The number of esters is 1. The molecule has 5 rings (SSSR count). The van der Waals surface area contributed by atoms with Gasteiger partial charge in [0.25, 0.3) is 0 Å². The van der Waals surface area contributed by atoms with Crippen LogP contribution in [0.25, 0.3) is 0 Å². The van der Waals surface area contributed by atoms with Gasteiger partial charge in [-0.2, -0.15) is 0 Å². The molecule has 5 heteroatoms. The number of fused-ring (bicyclic) bond motifs is 5. The van der Waals surface area contributed by atoms with Crippen LogP contribution in [0.1, 0.15) is 22.3 Å². The summed E-state index contributed by atoms with van der Waals surface area (Å²) < 4.78 is 5.43. The second kappa shape index (κ2) is 6.16. The van der Waals surface area contributed by atoms with E-state index in [-0.39, 0.29) is 35.5 Å². The van der Waals surface area contributed by atoms with E-state index in [4.69, 9.17) is 4.74 Å². The van der Waals surface area contributed by atoms with E-state index in [1.807, 2.05) is 19.1 Å². The number of amides is 2. The number of benzene rings is 2. The van der Waals surface area contributed by atoms with E-state index in [9.17, 15) is 14.4 Å². The fraction of sp³-hybridized carbons (Fsp3) is 0.261. The van der Waals surface area contributed by atoms with Crippen LogP contribution in [0.2, 0.25) is 0 Å². The van der Waals surface area contributed by atoms with Crippen molar-refractivity contribution in [1.29, 1.82) is 0 Å². The third-order valence-electron chi connectivity index (χ3n) is 6.01. The normalized spacial score (nSPS) is 27.4. The Balaban J connectivity index is 1.41. The molecule has 0 radical (unpaired) electrons. The van der Waals surface area contributed by atoms with Crippen LogP contribution in [0.3, 0.4) is 0 Å². The summed E-state index contributed by atoms with van der Waals surface area (Å²) in [6, 6.07) is 13.8. The lowest BCUT2D eigenvalue weighted by molar-refractivity contribution is -0.123. The summed E-state index contributed by atoms with van der Waals surface area (Å²) in [6.07, 6.45) is 5.02. The van der Waals surface area contributed by atoms with Crippen molar-refractivity contribution in [3.63, 3.8) is 0 Å². The van der Waals surface area contributed by atoms with Gasteiger partial charge in [0, 0.05) is 0 Å². The summed E-state index contributed by atoms with van der Waals surface area (Å²) in [5.41, 5.74) is 1.72. The van der Waals surface area contributed by atoms with Gasteiger partial charge in [0.15, 0.2) is 0 Å². The molecule has 0 aromatic heterocycles. The Kier molecular flexibility index (Phi) is 3.72. The number of hydrogen-bond acceptors (Lipinski definition) is 4. The third-order valence-corrected chi connectivity index (χ3v) is 6.01. The van der Waals surface area contributed by atoms with E-state index in [1.165, 1.54) is 4.90 Å². The molecule has 1 saturated carbocycles. The van der Waals surface area contributed by atoms with Gasteiger partial charge >= 0.3 is 5.97 Å². The lowest BCUT2D eigenvalue weighted by Crippen LogP contribution is -2.33. The second-order valence-electron chi connectivity index (χ2n) is 7.77. The minimum absolute atomic E-state index is 0.156. The van der Waals surface area contributed by atoms with Gasteiger partial charge < -0.3 is 4.74 Å². The van der Waals surface area contributed by atoms with E-state index in [2.05, 4.69) is 12.2 Å². The van der Waals surface area contributed by atoms with Gasteiger partial charge in [0.1, 0.15) is 5.75 Å².